The van der Waals surface area contributed by atoms with E-state index in [4.69, 9.17) is 4.42 Å². The number of carbonyl (C=O) groups excluding carboxylic acids is 1. The lowest BCUT2D eigenvalue weighted by Crippen LogP contribution is -2.33. The van der Waals surface area contributed by atoms with Crippen molar-refractivity contribution >= 4 is 28.4 Å². The van der Waals surface area contributed by atoms with E-state index in [1.165, 1.54) is 0 Å². The second-order valence-electron chi connectivity index (χ2n) is 5.98. The summed E-state index contributed by atoms with van der Waals surface area (Å²) in [5.74, 6) is 2.08. The van der Waals surface area contributed by atoms with Gasteiger partial charge in [0.05, 0.1) is 11.5 Å². The molecule has 1 aromatic heterocycles. The van der Waals surface area contributed by atoms with Gasteiger partial charge in [-0.3, -0.25) is 4.79 Å². The predicted octanol–water partition coefficient (Wildman–Crippen LogP) is 4.75. The Kier molecular flexibility index (Phi) is 4.30. The summed E-state index contributed by atoms with van der Waals surface area (Å²) in [4.78, 5) is 15.0. The molecule has 1 fully saturated rings. The minimum absolute atomic E-state index is 0.132. The highest BCUT2D eigenvalue weighted by atomic mass is 32.2. The van der Waals surface area contributed by atoms with Crippen LogP contribution in [0.1, 0.15) is 27.8 Å². The third-order valence-corrected chi connectivity index (χ3v) is 5.80. The van der Waals surface area contributed by atoms with Crippen molar-refractivity contribution in [2.24, 2.45) is 0 Å². The minimum Gasteiger partial charge on any atom is -0.468 e. The molecule has 4 heteroatoms. The van der Waals surface area contributed by atoms with E-state index in [-0.39, 0.29) is 5.91 Å². The summed E-state index contributed by atoms with van der Waals surface area (Å²) in [5, 5.41) is 2.48. The maximum Gasteiger partial charge on any atom is 0.254 e. The Morgan fingerprint density at radius 3 is 2.79 bits per heavy atom. The lowest BCUT2D eigenvalue weighted by Gasteiger charge is -2.21. The summed E-state index contributed by atoms with van der Waals surface area (Å²) in [6, 6.07) is 18.0. The molecule has 3 aromatic rings. The number of carbonyl (C=O) groups is 1. The molecule has 2 aromatic carbocycles. The van der Waals surface area contributed by atoms with E-state index >= 15 is 0 Å². The fourth-order valence-corrected chi connectivity index (χ4v) is 4.44. The van der Waals surface area contributed by atoms with Gasteiger partial charge in [-0.1, -0.05) is 36.4 Å². The van der Waals surface area contributed by atoms with E-state index in [0.717, 1.165) is 47.4 Å². The number of thioether (sulfide) groups is 1. The molecule has 0 bridgehead atoms. The highest BCUT2D eigenvalue weighted by molar-refractivity contribution is 7.99. The number of benzene rings is 2. The van der Waals surface area contributed by atoms with Crippen molar-refractivity contribution in [3.63, 3.8) is 0 Å². The second kappa shape index (κ2) is 6.73. The number of rotatable bonds is 2. The monoisotopic (exact) mass is 337 g/mol. The maximum absolute atomic E-state index is 13.1. The van der Waals surface area contributed by atoms with Crippen LogP contribution in [0, 0.1) is 0 Å². The van der Waals surface area contributed by atoms with Gasteiger partial charge in [0.1, 0.15) is 5.76 Å². The molecule has 1 aliphatic heterocycles. The van der Waals surface area contributed by atoms with Crippen LogP contribution in [0.4, 0.5) is 0 Å². The molecule has 4 rings (SSSR count). The van der Waals surface area contributed by atoms with Crippen molar-refractivity contribution in [2.75, 3.05) is 18.8 Å². The first-order valence-electron chi connectivity index (χ1n) is 8.25. The molecule has 0 aliphatic carbocycles. The molecule has 3 nitrogen and oxygen atoms in total. The van der Waals surface area contributed by atoms with Crippen molar-refractivity contribution in [1.82, 2.24) is 4.90 Å². The molecule has 122 valence electrons. The number of amides is 1. The topological polar surface area (TPSA) is 33.5 Å². The summed E-state index contributed by atoms with van der Waals surface area (Å²) in [7, 11) is 0. The number of fused-ring (bicyclic) bond motifs is 1. The molecule has 1 amide bonds. The number of hydrogen-bond acceptors (Lipinski definition) is 3. The van der Waals surface area contributed by atoms with E-state index in [1.807, 2.05) is 59.1 Å². The lowest BCUT2D eigenvalue weighted by atomic mass is 10.0. The molecule has 2 heterocycles. The molecular formula is C20H19NO2S. The number of hydrogen-bond donors (Lipinski definition) is 0. The first-order chi connectivity index (χ1) is 11.8. The highest BCUT2D eigenvalue weighted by Gasteiger charge is 2.24. The van der Waals surface area contributed by atoms with Crippen molar-refractivity contribution < 1.29 is 9.21 Å². The summed E-state index contributed by atoms with van der Waals surface area (Å²) in [6.07, 6.45) is 2.65. The van der Waals surface area contributed by atoms with Crippen molar-refractivity contribution in [1.29, 1.82) is 0 Å². The summed E-state index contributed by atoms with van der Waals surface area (Å²) >= 11 is 1.87. The molecular weight excluding hydrogens is 318 g/mol. The van der Waals surface area contributed by atoms with Crippen LogP contribution in [0.3, 0.4) is 0 Å². The fraction of sp³-hybridized carbons (Fsp3) is 0.250. The van der Waals surface area contributed by atoms with E-state index < -0.39 is 0 Å². The average Bonchev–Trinajstić information content (AvgIpc) is 3.05. The Morgan fingerprint density at radius 1 is 1.04 bits per heavy atom. The highest BCUT2D eigenvalue weighted by Crippen LogP contribution is 2.35. The van der Waals surface area contributed by atoms with Crippen LogP contribution in [0.15, 0.2) is 65.3 Å². The zero-order valence-electron chi connectivity index (χ0n) is 13.4. The Labute approximate surface area is 145 Å². The first-order valence-corrected chi connectivity index (χ1v) is 9.30. The van der Waals surface area contributed by atoms with Crippen LogP contribution in [0.5, 0.6) is 0 Å². The van der Waals surface area contributed by atoms with E-state index in [2.05, 4.69) is 12.1 Å². The van der Waals surface area contributed by atoms with Crippen molar-refractivity contribution in [2.45, 2.75) is 11.7 Å². The molecule has 1 aliphatic rings. The first kappa shape index (κ1) is 15.3. The van der Waals surface area contributed by atoms with Crippen molar-refractivity contribution in [3.05, 3.63) is 72.2 Å². The zero-order chi connectivity index (χ0) is 16.4. The molecule has 0 radical (unpaired) electrons. The Hall–Kier alpha value is -2.20. The van der Waals surface area contributed by atoms with Gasteiger partial charge in [0.25, 0.3) is 5.91 Å². The van der Waals surface area contributed by atoms with Gasteiger partial charge < -0.3 is 9.32 Å². The van der Waals surface area contributed by atoms with Crippen molar-refractivity contribution in [3.8, 4) is 0 Å². The Bertz CT molecular complexity index is 838. The van der Waals surface area contributed by atoms with Gasteiger partial charge in [0.2, 0.25) is 0 Å². The van der Waals surface area contributed by atoms with Crippen LogP contribution in [0.2, 0.25) is 0 Å². The SMILES string of the molecule is O=C(c1cccc2ccccc12)N1CCSC(c2ccco2)CC1. The molecule has 0 saturated carbocycles. The van der Waals surface area contributed by atoms with Gasteiger partial charge in [-0.15, -0.1) is 11.8 Å². The quantitative estimate of drug-likeness (QED) is 0.676. The summed E-state index contributed by atoms with van der Waals surface area (Å²) < 4.78 is 5.54. The van der Waals surface area contributed by atoms with Crippen LogP contribution in [0.25, 0.3) is 10.8 Å². The number of furan rings is 1. The normalized spacial score (nSPS) is 18.5. The summed E-state index contributed by atoms with van der Waals surface area (Å²) in [5.41, 5.74) is 0.801. The van der Waals surface area contributed by atoms with E-state index in [1.54, 1.807) is 6.26 Å². The van der Waals surface area contributed by atoms with Gasteiger partial charge in [-0.2, -0.15) is 0 Å². The molecule has 1 unspecified atom stereocenters. The zero-order valence-corrected chi connectivity index (χ0v) is 14.2. The van der Waals surface area contributed by atoms with E-state index in [9.17, 15) is 4.79 Å². The standard InChI is InChI=1S/C20H19NO2S/c22-20(17-8-3-6-15-5-1-2-7-16(15)17)21-11-10-19(24-14-12-21)18-9-4-13-23-18/h1-9,13,19H,10-12,14H2. The Balaban J connectivity index is 1.56. The summed E-state index contributed by atoms with van der Waals surface area (Å²) in [6.45, 7) is 1.55. The fourth-order valence-electron chi connectivity index (χ4n) is 3.26. The van der Waals surface area contributed by atoms with Gasteiger partial charge >= 0.3 is 0 Å². The minimum atomic E-state index is 0.132. The van der Waals surface area contributed by atoms with Crippen LogP contribution < -0.4 is 0 Å². The van der Waals surface area contributed by atoms with Gasteiger partial charge in [0, 0.05) is 24.4 Å². The molecule has 1 atom stereocenters. The van der Waals surface area contributed by atoms with Crippen LogP contribution >= 0.6 is 11.8 Å². The number of nitrogens with zero attached hydrogens (tertiary/aromatic N) is 1. The molecule has 0 spiro atoms. The molecule has 0 N–H and O–H groups in total. The molecule has 1 saturated heterocycles. The average molecular weight is 337 g/mol. The Morgan fingerprint density at radius 2 is 1.92 bits per heavy atom. The maximum atomic E-state index is 13.1. The third-order valence-electron chi connectivity index (χ3n) is 4.51. The van der Waals surface area contributed by atoms with Crippen LogP contribution in [-0.2, 0) is 0 Å². The van der Waals surface area contributed by atoms with Gasteiger partial charge in [0.15, 0.2) is 0 Å². The van der Waals surface area contributed by atoms with Gasteiger partial charge in [-0.25, -0.2) is 0 Å². The predicted molar refractivity (Wildman–Crippen MR) is 98.4 cm³/mol. The van der Waals surface area contributed by atoms with E-state index in [0.29, 0.717) is 5.25 Å². The smallest absolute Gasteiger partial charge is 0.254 e. The third kappa shape index (κ3) is 2.94. The molecule has 24 heavy (non-hydrogen) atoms. The largest absolute Gasteiger partial charge is 0.468 e. The van der Waals surface area contributed by atoms with Crippen LogP contribution in [-0.4, -0.2) is 29.6 Å². The van der Waals surface area contributed by atoms with Gasteiger partial charge in [-0.05, 0) is 35.4 Å². The second-order valence-corrected chi connectivity index (χ2v) is 7.29. The lowest BCUT2D eigenvalue weighted by molar-refractivity contribution is 0.0768.